The van der Waals surface area contributed by atoms with E-state index in [1.165, 1.54) is 0 Å². The molecule has 1 amide bonds. The number of carbonyl (C=O) groups excluding carboxylic acids is 1. The molecule has 0 spiro atoms. The summed E-state index contributed by atoms with van der Waals surface area (Å²) in [6, 6.07) is 15.6. The van der Waals surface area contributed by atoms with Gasteiger partial charge >= 0.3 is 0 Å². The van der Waals surface area contributed by atoms with E-state index in [9.17, 15) is 4.79 Å². The molecule has 0 aliphatic heterocycles. The summed E-state index contributed by atoms with van der Waals surface area (Å²) in [7, 11) is 0. The first kappa shape index (κ1) is 14.4. The van der Waals surface area contributed by atoms with Crippen LogP contribution in [-0.4, -0.2) is 5.91 Å². The summed E-state index contributed by atoms with van der Waals surface area (Å²) in [6.45, 7) is 6.13. The second kappa shape index (κ2) is 5.68. The number of anilines is 1. The maximum absolute atomic E-state index is 12.6. The molecule has 0 aliphatic rings. The predicted molar refractivity (Wildman–Crippen MR) is 89.4 cm³/mol. The molecule has 3 nitrogen and oxygen atoms in total. The van der Waals surface area contributed by atoms with E-state index in [2.05, 4.69) is 19.2 Å². The van der Waals surface area contributed by atoms with Crippen LogP contribution in [0.1, 0.15) is 41.4 Å². The highest BCUT2D eigenvalue weighted by Gasteiger charge is 2.18. The highest BCUT2D eigenvalue weighted by Crippen LogP contribution is 2.28. The fraction of sp³-hybridized carbons (Fsp3) is 0.211. The number of carbonyl (C=O) groups is 1. The molecule has 22 heavy (non-hydrogen) atoms. The number of fused-ring (bicyclic) bond motifs is 1. The standard InChI is InChI=1S/C19H19NO2/c1-12(2)14-8-4-6-10-16(14)20-19(21)18-13(3)15-9-5-7-11-17(15)22-18/h4-12H,1-3H3,(H,20,21). The van der Waals surface area contributed by atoms with Crippen LogP contribution in [0.3, 0.4) is 0 Å². The first-order chi connectivity index (χ1) is 10.6. The SMILES string of the molecule is Cc1c(C(=O)Nc2ccccc2C(C)C)oc2ccccc12. The van der Waals surface area contributed by atoms with Gasteiger partial charge in [0.05, 0.1) is 0 Å². The molecular weight excluding hydrogens is 274 g/mol. The van der Waals surface area contributed by atoms with Gasteiger partial charge in [-0.2, -0.15) is 0 Å². The first-order valence-electron chi connectivity index (χ1n) is 7.46. The molecule has 0 unspecified atom stereocenters. The molecule has 0 fully saturated rings. The van der Waals surface area contributed by atoms with Gasteiger partial charge in [-0.3, -0.25) is 4.79 Å². The summed E-state index contributed by atoms with van der Waals surface area (Å²) in [5, 5.41) is 3.95. The highest BCUT2D eigenvalue weighted by atomic mass is 16.3. The van der Waals surface area contributed by atoms with Crippen LogP contribution in [0.25, 0.3) is 11.0 Å². The summed E-state index contributed by atoms with van der Waals surface area (Å²) in [5.41, 5.74) is 3.56. The lowest BCUT2D eigenvalue weighted by Crippen LogP contribution is -2.13. The van der Waals surface area contributed by atoms with E-state index < -0.39 is 0 Å². The molecule has 3 rings (SSSR count). The Morgan fingerprint density at radius 1 is 1.05 bits per heavy atom. The van der Waals surface area contributed by atoms with Gasteiger partial charge in [-0.1, -0.05) is 50.2 Å². The van der Waals surface area contributed by atoms with Crippen molar-refractivity contribution >= 4 is 22.6 Å². The number of furan rings is 1. The van der Waals surface area contributed by atoms with Gasteiger partial charge in [0.25, 0.3) is 5.91 Å². The Bertz CT molecular complexity index is 830. The third-order valence-electron chi connectivity index (χ3n) is 3.88. The van der Waals surface area contributed by atoms with Crippen molar-refractivity contribution in [2.75, 3.05) is 5.32 Å². The largest absolute Gasteiger partial charge is 0.451 e. The third-order valence-corrected chi connectivity index (χ3v) is 3.88. The van der Waals surface area contributed by atoms with Crippen LogP contribution < -0.4 is 5.32 Å². The van der Waals surface area contributed by atoms with Gasteiger partial charge in [0.2, 0.25) is 0 Å². The fourth-order valence-corrected chi connectivity index (χ4v) is 2.68. The van der Waals surface area contributed by atoms with Crippen LogP contribution >= 0.6 is 0 Å². The highest BCUT2D eigenvalue weighted by molar-refractivity contribution is 6.06. The zero-order valence-electron chi connectivity index (χ0n) is 13.0. The molecule has 0 aliphatic carbocycles. The molecule has 0 radical (unpaired) electrons. The Balaban J connectivity index is 1.96. The lowest BCUT2D eigenvalue weighted by Gasteiger charge is -2.13. The normalized spacial score (nSPS) is 11.1. The van der Waals surface area contributed by atoms with E-state index in [0.29, 0.717) is 11.7 Å². The number of hydrogen-bond donors (Lipinski definition) is 1. The van der Waals surface area contributed by atoms with Crippen LogP contribution in [0.2, 0.25) is 0 Å². The van der Waals surface area contributed by atoms with E-state index in [0.717, 1.165) is 27.8 Å². The van der Waals surface area contributed by atoms with Crippen LogP contribution in [0.5, 0.6) is 0 Å². The number of hydrogen-bond acceptors (Lipinski definition) is 2. The van der Waals surface area contributed by atoms with Crippen LogP contribution in [0.4, 0.5) is 5.69 Å². The summed E-state index contributed by atoms with van der Waals surface area (Å²) >= 11 is 0. The van der Waals surface area contributed by atoms with Gasteiger partial charge in [0.15, 0.2) is 5.76 Å². The van der Waals surface area contributed by atoms with Gasteiger partial charge in [-0.05, 0) is 30.5 Å². The summed E-state index contributed by atoms with van der Waals surface area (Å²) in [5.74, 6) is 0.509. The lowest BCUT2D eigenvalue weighted by atomic mass is 10.0. The van der Waals surface area contributed by atoms with Crippen LogP contribution in [0, 0.1) is 6.92 Å². The van der Waals surface area contributed by atoms with Crippen molar-refractivity contribution in [3.63, 3.8) is 0 Å². The minimum atomic E-state index is -0.207. The molecular formula is C19H19NO2. The van der Waals surface area contributed by atoms with Crippen LogP contribution in [-0.2, 0) is 0 Å². The third kappa shape index (κ3) is 2.50. The Hall–Kier alpha value is -2.55. The molecule has 0 atom stereocenters. The number of benzene rings is 2. The molecule has 0 saturated heterocycles. The lowest BCUT2D eigenvalue weighted by molar-refractivity contribution is 0.0998. The van der Waals surface area contributed by atoms with E-state index in [1.807, 2.05) is 55.5 Å². The van der Waals surface area contributed by atoms with Crippen molar-refractivity contribution in [1.29, 1.82) is 0 Å². The summed E-state index contributed by atoms with van der Waals surface area (Å²) in [4.78, 5) is 12.6. The van der Waals surface area contributed by atoms with E-state index in [1.54, 1.807) is 0 Å². The molecule has 0 bridgehead atoms. The fourth-order valence-electron chi connectivity index (χ4n) is 2.68. The number of amides is 1. The Labute approximate surface area is 130 Å². The van der Waals surface area contributed by atoms with Gasteiger partial charge in [-0.25, -0.2) is 0 Å². The van der Waals surface area contributed by atoms with Gasteiger partial charge in [0.1, 0.15) is 5.58 Å². The molecule has 1 aromatic heterocycles. The van der Waals surface area contributed by atoms with Crippen molar-refractivity contribution in [2.45, 2.75) is 26.7 Å². The molecule has 3 aromatic rings. The number of para-hydroxylation sites is 2. The van der Waals surface area contributed by atoms with Crippen molar-refractivity contribution in [3.05, 3.63) is 65.4 Å². The maximum atomic E-state index is 12.6. The van der Waals surface area contributed by atoms with E-state index in [4.69, 9.17) is 4.42 Å². The zero-order valence-corrected chi connectivity index (χ0v) is 13.0. The Morgan fingerprint density at radius 3 is 2.45 bits per heavy atom. The second-order valence-corrected chi connectivity index (χ2v) is 5.75. The van der Waals surface area contributed by atoms with Gasteiger partial charge in [0, 0.05) is 16.6 Å². The minimum Gasteiger partial charge on any atom is -0.451 e. The van der Waals surface area contributed by atoms with Gasteiger partial charge < -0.3 is 9.73 Å². The Morgan fingerprint density at radius 2 is 1.73 bits per heavy atom. The predicted octanol–water partition coefficient (Wildman–Crippen LogP) is 5.12. The van der Waals surface area contributed by atoms with Crippen molar-refractivity contribution in [2.24, 2.45) is 0 Å². The zero-order chi connectivity index (χ0) is 15.7. The van der Waals surface area contributed by atoms with Crippen molar-refractivity contribution in [1.82, 2.24) is 0 Å². The monoisotopic (exact) mass is 293 g/mol. The topological polar surface area (TPSA) is 42.2 Å². The maximum Gasteiger partial charge on any atom is 0.291 e. The molecule has 2 aromatic carbocycles. The smallest absolute Gasteiger partial charge is 0.291 e. The molecule has 3 heteroatoms. The molecule has 0 saturated carbocycles. The summed E-state index contributed by atoms with van der Waals surface area (Å²) in [6.07, 6.45) is 0. The quantitative estimate of drug-likeness (QED) is 0.728. The second-order valence-electron chi connectivity index (χ2n) is 5.75. The van der Waals surface area contributed by atoms with Crippen molar-refractivity contribution in [3.8, 4) is 0 Å². The average molecular weight is 293 g/mol. The Kier molecular flexibility index (Phi) is 3.72. The molecule has 1 N–H and O–H groups in total. The number of rotatable bonds is 3. The number of aryl methyl sites for hydroxylation is 1. The van der Waals surface area contributed by atoms with E-state index in [-0.39, 0.29) is 5.91 Å². The first-order valence-corrected chi connectivity index (χ1v) is 7.46. The average Bonchev–Trinajstić information content (AvgIpc) is 2.85. The van der Waals surface area contributed by atoms with Crippen molar-refractivity contribution < 1.29 is 9.21 Å². The molecule has 1 heterocycles. The van der Waals surface area contributed by atoms with E-state index >= 15 is 0 Å². The van der Waals surface area contributed by atoms with Crippen LogP contribution in [0.15, 0.2) is 52.9 Å². The molecule has 112 valence electrons. The summed E-state index contributed by atoms with van der Waals surface area (Å²) < 4.78 is 5.72. The number of nitrogens with one attached hydrogen (secondary N) is 1. The van der Waals surface area contributed by atoms with Gasteiger partial charge in [-0.15, -0.1) is 0 Å². The minimum absolute atomic E-state index is 0.207.